The maximum Gasteiger partial charge on any atom is 0.246 e. The van der Waals surface area contributed by atoms with Crippen molar-refractivity contribution < 1.29 is 14.7 Å². The van der Waals surface area contributed by atoms with Crippen molar-refractivity contribution in [1.82, 2.24) is 5.32 Å². The molecule has 5 nitrogen and oxygen atoms in total. The van der Waals surface area contributed by atoms with Crippen LogP contribution in [0.3, 0.4) is 0 Å². The number of hydrogen-bond donors (Lipinski definition) is 3. The molecule has 2 amide bonds. The summed E-state index contributed by atoms with van der Waals surface area (Å²) >= 11 is 5.79. The molecule has 3 N–H and O–H groups in total. The molecule has 0 saturated carbocycles. The van der Waals surface area contributed by atoms with E-state index < -0.39 is 18.1 Å². The minimum absolute atomic E-state index is 0.134. The van der Waals surface area contributed by atoms with Crippen LogP contribution in [0.25, 0.3) is 0 Å². The van der Waals surface area contributed by atoms with Gasteiger partial charge in [-0.1, -0.05) is 41.9 Å². The number of carbonyl (C=O) groups is 2. The van der Waals surface area contributed by atoms with Gasteiger partial charge < -0.3 is 15.7 Å². The highest BCUT2D eigenvalue weighted by Gasteiger charge is 2.18. The number of nitrogens with one attached hydrogen (secondary N) is 2. The topological polar surface area (TPSA) is 78.4 Å². The molecule has 0 aliphatic rings. The summed E-state index contributed by atoms with van der Waals surface area (Å²) in [4.78, 5) is 24.0. The van der Waals surface area contributed by atoms with E-state index in [1.165, 1.54) is 0 Å². The average molecular weight is 347 g/mol. The van der Waals surface area contributed by atoms with Crippen molar-refractivity contribution in [2.75, 3.05) is 5.32 Å². The summed E-state index contributed by atoms with van der Waals surface area (Å²) in [7, 11) is 0. The van der Waals surface area contributed by atoms with Gasteiger partial charge in [-0.3, -0.25) is 9.59 Å². The number of carbonyl (C=O) groups excluding carboxylic acids is 2. The van der Waals surface area contributed by atoms with Crippen LogP contribution in [0.15, 0.2) is 54.6 Å². The van der Waals surface area contributed by atoms with Gasteiger partial charge in [0.1, 0.15) is 6.04 Å². The lowest BCUT2D eigenvalue weighted by molar-refractivity contribution is -0.127. The van der Waals surface area contributed by atoms with Crippen molar-refractivity contribution in [3.05, 3.63) is 65.2 Å². The second-order valence-electron chi connectivity index (χ2n) is 5.42. The molecule has 0 aliphatic heterocycles. The molecule has 6 heteroatoms. The van der Waals surface area contributed by atoms with E-state index in [1.54, 1.807) is 55.5 Å². The second-order valence-corrected chi connectivity index (χ2v) is 5.85. The Kier molecular flexibility index (Phi) is 6.35. The lowest BCUT2D eigenvalue weighted by Crippen LogP contribution is -2.42. The second kappa shape index (κ2) is 8.47. The first-order valence-electron chi connectivity index (χ1n) is 7.54. The van der Waals surface area contributed by atoms with Gasteiger partial charge in [0.2, 0.25) is 11.8 Å². The lowest BCUT2D eigenvalue weighted by Gasteiger charge is -2.16. The van der Waals surface area contributed by atoms with Crippen molar-refractivity contribution in [2.45, 2.75) is 25.5 Å². The van der Waals surface area contributed by atoms with Gasteiger partial charge in [0.25, 0.3) is 0 Å². The van der Waals surface area contributed by atoms with E-state index in [4.69, 9.17) is 11.6 Å². The molecule has 2 rings (SSSR count). The predicted molar refractivity (Wildman–Crippen MR) is 93.7 cm³/mol. The van der Waals surface area contributed by atoms with E-state index in [1.807, 2.05) is 6.07 Å². The zero-order valence-corrected chi connectivity index (χ0v) is 14.0. The highest BCUT2D eigenvalue weighted by Crippen LogP contribution is 2.19. The van der Waals surface area contributed by atoms with Crippen molar-refractivity contribution >= 4 is 29.1 Å². The van der Waals surface area contributed by atoms with Crippen molar-refractivity contribution in [3.8, 4) is 0 Å². The van der Waals surface area contributed by atoms with Crippen LogP contribution >= 0.6 is 11.6 Å². The third-order valence-electron chi connectivity index (χ3n) is 3.45. The molecule has 0 radical (unpaired) electrons. The molecule has 2 atom stereocenters. The number of hydrogen-bond acceptors (Lipinski definition) is 3. The van der Waals surface area contributed by atoms with Gasteiger partial charge in [-0.25, -0.2) is 0 Å². The van der Waals surface area contributed by atoms with Crippen LogP contribution in [0.1, 0.15) is 25.0 Å². The van der Waals surface area contributed by atoms with Crippen LogP contribution in [0.5, 0.6) is 0 Å². The van der Waals surface area contributed by atoms with Crippen molar-refractivity contribution in [2.24, 2.45) is 0 Å². The first-order chi connectivity index (χ1) is 11.5. The van der Waals surface area contributed by atoms with Gasteiger partial charge in [-0.15, -0.1) is 0 Å². The van der Waals surface area contributed by atoms with E-state index in [-0.39, 0.29) is 12.3 Å². The summed E-state index contributed by atoms with van der Waals surface area (Å²) < 4.78 is 0. The molecule has 2 aromatic carbocycles. The molecule has 0 spiro atoms. The minimum Gasteiger partial charge on any atom is -0.388 e. The van der Waals surface area contributed by atoms with Gasteiger partial charge in [-0.05, 0) is 36.8 Å². The van der Waals surface area contributed by atoms with Gasteiger partial charge in [0, 0.05) is 10.7 Å². The van der Waals surface area contributed by atoms with E-state index in [0.717, 1.165) is 0 Å². The Morgan fingerprint density at radius 1 is 1.08 bits per heavy atom. The van der Waals surface area contributed by atoms with Gasteiger partial charge in [0.05, 0.1) is 12.5 Å². The summed E-state index contributed by atoms with van der Waals surface area (Å²) in [5, 5.41) is 15.9. The van der Waals surface area contributed by atoms with Crippen LogP contribution in [0.2, 0.25) is 5.02 Å². The largest absolute Gasteiger partial charge is 0.388 e. The first-order valence-corrected chi connectivity index (χ1v) is 7.92. The zero-order valence-electron chi connectivity index (χ0n) is 13.2. The van der Waals surface area contributed by atoms with E-state index in [9.17, 15) is 14.7 Å². The number of benzene rings is 2. The normalized spacial score (nSPS) is 13.0. The van der Waals surface area contributed by atoms with Crippen LogP contribution < -0.4 is 10.6 Å². The fraction of sp³-hybridized carbons (Fsp3) is 0.222. The molecule has 2 unspecified atom stereocenters. The number of aliphatic hydroxyl groups is 1. The number of amides is 2. The Balaban J connectivity index is 1.84. The molecule has 0 fully saturated rings. The molecule has 0 aromatic heterocycles. The fourth-order valence-corrected chi connectivity index (χ4v) is 2.24. The Morgan fingerprint density at radius 2 is 1.71 bits per heavy atom. The maximum absolute atomic E-state index is 12.0. The predicted octanol–water partition coefficient (Wildman–Crippen LogP) is 2.91. The molecule has 0 saturated heterocycles. The molecular formula is C18H19ClN2O3. The lowest BCUT2D eigenvalue weighted by atomic mass is 10.1. The van der Waals surface area contributed by atoms with Gasteiger partial charge >= 0.3 is 0 Å². The van der Waals surface area contributed by atoms with Crippen LogP contribution in [0, 0.1) is 0 Å². The summed E-state index contributed by atoms with van der Waals surface area (Å²) in [5.74, 6) is -0.733. The summed E-state index contributed by atoms with van der Waals surface area (Å²) in [6.07, 6.45) is -1.09. The molecule has 2 aromatic rings. The van der Waals surface area contributed by atoms with E-state index >= 15 is 0 Å². The number of para-hydroxylation sites is 1. The Bertz CT molecular complexity index is 689. The minimum atomic E-state index is -0.952. The monoisotopic (exact) mass is 346 g/mol. The van der Waals surface area contributed by atoms with E-state index in [0.29, 0.717) is 16.3 Å². The van der Waals surface area contributed by atoms with E-state index in [2.05, 4.69) is 10.6 Å². The van der Waals surface area contributed by atoms with Crippen LogP contribution in [-0.4, -0.2) is 23.0 Å². The molecule has 0 bridgehead atoms. The fourth-order valence-electron chi connectivity index (χ4n) is 2.12. The highest BCUT2D eigenvalue weighted by atomic mass is 35.5. The number of halogens is 1. The molecular weight excluding hydrogens is 328 g/mol. The summed E-state index contributed by atoms with van der Waals surface area (Å²) in [5.41, 5.74) is 1.25. The summed E-state index contributed by atoms with van der Waals surface area (Å²) in [6, 6.07) is 14.9. The van der Waals surface area contributed by atoms with Crippen molar-refractivity contribution in [1.29, 1.82) is 0 Å². The molecule has 0 heterocycles. The quantitative estimate of drug-likeness (QED) is 0.752. The Labute approximate surface area is 145 Å². The SMILES string of the molecule is CC(NC(=O)CC(O)c1ccc(Cl)cc1)C(=O)Nc1ccccc1. The Hall–Kier alpha value is -2.37. The third-order valence-corrected chi connectivity index (χ3v) is 3.70. The van der Waals surface area contributed by atoms with Crippen molar-refractivity contribution in [3.63, 3.8) is 0 Å². The number of anilines is 1. The first kappa shape index (κ1) is 18.0. The molecule has 126 valence electrons. The van der Waals surface area contributed by atoms with Gasteiger partial charge in [-0.2, -0.15) is 0 Å². The maximum atomic E-state index is 12.0. The van der Waals surface area contributed by atoms with Gasteiger partial charge in [0.15, 0.2) is 0 Å². The standard InChI is InChI=1S/C18H19ClN2O3/c1-12(18(24)21-15-5-3-2-4-6-15)20-17(23)11-16(22)13-7-9-14(19)10-8-13/h2-10,12,16,22H,11H2,1H3,(H,20,23)(H,21,24). The highest BCUT2D eigenvalue weighted by molar-refractivity contribution is 6.30. The summed E-state index contributed by atoms with van der Waals surface area (Å²) in [6.45, 7) is 1.59. The smallest absolute Gasteiger partial charge is 0.246 e. The average Bonchev–Trinajstić information content (AvgIpc) is 2.56. The zero-order chi connectivity index (χ0) is 17.5. The number of aliphatic hydroxyl groups excluding tert-OH is 1. The van der Waals surface area contributed by atoms with Crippen LogP contribution in [0.4, 0.5) is 5.69 Å². The molecule has 0 aliphatic carbocycles. The molecule has 24 heavy (non-hydrogen) atoms. The Morgan fingerprint density at radius 3 is 2.33 bits per heavy atom. The third kappa shape index (κ3) is 5.37. The van der Waals surface area contributed by atoms with Crippen LogP contribution in [-0.2, 0) is 9.59 Å². The number of rotatable bonds is 6.